The maximum atomic E-state index is 12.3. The van der Waals surface area contributed by atoms with Crippen LogP contribution in [0.1, 0.15) is 33.1 Å². The van der Waals surface area contributed by atoms with Gasteiger partial charge in [0.05, 0.1) is 4.47 Å². The van der Waals surface area contributed by atoms with E-state index in [9.17, 15) is 4.79 Å². The van der Waals surface area contributed by atoms with Crippen molar-refractivity contribution in [1.82, 2.24) is 4.90 Å². The Labute approximate surface area is 133 Å². The second kappa shape index (κ2) is 6.81. The van der Waals surface area contributed by atoms with Gasteiger partial charge < -0.3 is 9.64 Å². The minimum absolute atomic E-state index is 0.0477. The monoisotopic (exact) mass is 359 g/mol. The van der Waals surface area contributed by atoms with Crippen molar-refractivity contribution in [2.24, 2.45) is 0 Å². The molecule has 0 aliphatic carbocycles. The average molecular weight is 361 g/mol. The first-order valence-corrected chi connectivity index (χ1v) is 8.05. The predicted octanol–water partition coefficient (Wildman–Crippen LogP) is 4.27. The molecule has 3 nitrogen and oxygen atoms in total. The van der Waals surface area contributed by atoms with Crippen molar-refractivity contribution in [2.45, 2.75) is 45.2 Å². The topological polar surface area (TPSA) is 29.5 Å². The van der Waals surface area contributed by atoms with E-state index in [1.165, 1.54) is 6.42 Å². The molecule has 1 heterocycles. The van der Waals surface area contributed by atoms with Gasteiger partial charge >= 0.3 is 0 Å². The quantitative estimate of drug-likeness (QED) is 0.805. The van der Waals surface area contributed by atoms with Gasteiger partial charge in [-0.25, -0.2) is 0 Å². The Balaban J connectivity index is 1.97. The number of rotatable bonds is 3. The number of benzene rings is 1. The molecule has 0 spiro atoms. The van der Waals surface area contributed by atoms with E-state index in [-0.39, 0.29) is 12.5 Å². The van der Waals surface area contributed by atoms with Gasteiger partial charge in [0.15, 0.2) is 6.61 Å². The zero-order valence-electron chi connectivity index (χ0n) is 11.7. The van der Waals surface area contributed by atoms with E-state index in [1.54, 1.807) is 18.2 Å². The molecular formula is C15H19BrClNO2. The van der Waals surface area contributed by atoms with Crippen LogP contribution in [-0.4, -0.2) is 29.5 Å². The molecule has 0 radical (unpaired) electrons. The van der Waals surface area contributed by atoms with Crippen LogP contribution >= 0.6 is 27.5 Å². The van der Waals surface area contributed by atoms with E-state index in [1.807, 2.05) is 4.90 Å². The minimum atomic E-state index is 0.0477. The highest BCUT2D eigenvalue weighted by Gasteiger charge is 2.29. The molecule has 1 amide bonds. The van der Waals surface area contributed by atoms with Crippen LogP contribution in [0.2, 0.25) is 5.02 Å². The van der Waals surface area contributed by atoms with Crippen molar-refractivity contribution >= 4 is 33.4 Å². The fourth-order valence-electron chi connectivity index (χ4n) is 2.72. The Morgan fingerprint density at radius 3 is 2.65 bits per heavy atom. The van der Waals surface area contributed by atoms with Gasteiger partial charge in [-0.2, -0.15) is 0 Å². The van der Waals surface area contributed by atoms with Crippen molar-refractivity contribution in [2.75, 3.05) is 6.61 Å². The van der Waals surface area contributed by atoms with Crippen LogP contribution in [0.3, 0.4) is 0 Å². The fourth-order valence-corrected chi connectivity index (χ4v) is 3.52. The first kappa shape index (κ1) is 15.6. The largest absolute Gasteiger partial charge is 0.483 e. The summed E-state index contributed by atoms with van der Waals surface area (Å²) in [6.07, 6.45) is 3.33. The lowest BCUT2D eigenvalue weighted by Crippen LogP contribution is -2.49. The van der Waals surface area contributed by atoms with Crippen LogP contribution < -0.4 is 4.74 Å². The van der Waals surface area contributed by atoms with Crippen molar-refractivity contribution in [3.63, 3.8) is 0 Å². The van der Waals surface area contributed by atoms with Gasteiger partial charge in [-0.05, 0) is 67.2 Å². The second-order valence-corrected chi connectivity index (χ2v) is 6.58. The number of nitrogens with zero attached hydrogens (tertiary/aromatic N) is 1. The summed E-state index contributed by atoms with van der Waals surface area (Å²) in [4.78, 5) is 14.3. The van der Waals surface area contributed by atoms with Crippen LogP contribution in [-0.2, 0) is 4.79 Å². The van der Waals surface area contributed by atoms with E-state index < -0.39 is 0 Å². The molecule has 2 rings (SSSR count). The lowest BCUT2D eigenvalue weighted by Gasteiger charge is -2.39. The molecule has 110 valence electrons. The van der Waals surface area contributed by atoms with Gasteiger partial charge in [0.1, 0.15) is 5.75 Å². The molecule has 0 bridgehead atoms. The fraction of sp³-hybridized carbons (Fsp3) is 0.533. The lowest BCUT2D eigenvalue weighted by molar-refractivity contribution is -0.139. The average Bonchev–Trinajstić information content (AvgIpc) is 2.37. The van der Waals surface area contributed by atoms with Gasteiger partial charge in [-0.3, -0.25) is 4.79 Å². The predicted molar refractivity (Wildman–Crippen MR) is 84.3 cm³/mol. The van der Waals surface area contributed by atoms with Crippen LogP contribution in [0, 0.1) is 0 Å². The smallest absolute Gasteiger partial charge is 0.260 e. The minimum Gasteiger partial charge on any atom is -0.483 e. The number of piperidine rings is 1. The molecule has 2 atom stereocenters. The van der Waals surface area contributed by atoms with Gasteiger partial charge in [0.2, 0.25) is 0 Å². The van der Waals surface area contributed by atoms with Crippen molar-refractivity contribution in [1.29, 1.82) is 0 Å². The molecule has 5 heteroatoms. The third-order valence-corrected chi connectivity index (χ3v) is 4.58. The first-order valence-electron chi connectivity index (χ1n) is 6.88. The molecule has 1 aliphatic heterocycles. The number of carbonyl (C=O) groups excluding carboxylic acids is 1. The standard InChI is InChI=1S/C15H19BrClNO2/c1-10-4-3-5-11(2)18(10)15(19)9-20-14-7-6-12(17)8-13(14)16/h6-8,10-11H,3-5,9H2,1-2H3. The van der Waals surface area contributed by atoms with Crippen LogP contribution in [0.4, 0.5) is 0 Å². The molecular weight excluding hydrogens is 342 g/mol. The van der Waals surface area contributed by atoms with Crippen molar-refractivity contribution < 1.29 is 9.53 Å². The SMILES string of the molecule is CC1CCCC(C)N1C(=O)COc1ccc(Cl)cc1Br. The third kappa shape index (κ3) is 3.67. The summed E-state index contributed by atoms with van der Waals surface area (Å²) < 4.78 is 6.37. The number of amides is 1. The van der Waals surface area contributed by atoms with Crippen molar-refractivity contribution in [3.05, 3.63) is 27.7 Å². The molecule has 2 unspecified atom stereocenters. The Bertz CT molecular complexity index is 485. The van der Waals surface area contributed by atoms with Crippen LogP contribution in [0.15, 0.2) is 22.7 Å². The zero-order valence-corrected chi connectivity index (χ0v) is 14.1. The molecule has 0 N–H and O–H groups in total. The van der Waals surface area contributed by atoms with E-state index >= 15 is 0 Å². The summed E-state index contributed by atoms with van der Waals surface area (Å²) in [5.74, 6) is 0.687. The highest BCUT2D eigenvalue weighted by Crippen LogP contribution is 2.28. The lowest BCUT2D eigenvalue weighted by atomic mass is 9.97. The third-order valence-electron chi connectivity index (χ3n) is 3.73. The number of ether oxygens (including phenoxy) is 1. The summed E-state index contributed by atoms with van der Waals surface area (Å²) in [6.45, 7) is 4.27. The van der Waals surface area contributed by atoms with Gasteiger partial charge in [-0.15, -0.1) is 0 Å². The molecule has 1 aromatic carbocycles. The van der Waals surface area contributed by atoms with Crippen LogP contribution in [0.5, 0.6) is 5.75 Å². The number of hydrogen-bond acceptors (Lipinski definition) is 2. The molecule has 0 saturated carbocycles. The highest BCUT2D eigenvalue weighted by atomic mass is 79.9. The number of likely N-dealkylation sites (tertiary alicyclic amines) is 1. The molecule has 1 aliphatic rings. The van der Waals surface area contributed by atoms with E-state index in [4.69, 9.17) is 16.3 Å². The Hall–Kier alpha value is -0.740. The Morgan fingerprint density at radius 2 is 2.05 bits per heavy atom. The normalized spacial score (nSPS) is 22.7. The van der Waals surface area contributed by atoms with Gasteiger partial charge in [0.25, 0.3) is 5.91 Å². The summed E-state index contributed by atoms with van der Waals surface area (Å²) in [6, 6.07) is 5.86. The maximum absolute atomic E-state index is 12.3. The van der Waals surface area contributed by atoms with E-state index in [0.29, 0.717) is 22.9 Å². The van der Waals surface area contributed by atoms with E-state index in [0.717, 1.165) is 17.3 Å². The van der Waals surface area contributed by atoms with Crippen molar-refractivity contribution in [3.8, 4) is 5.75 Å². The zero-order chi connectivity index (χ0) is 14.7. The Kier molecular flexibility index (Phi) is 5.33. The first-order chi connectivity index (χ1) is 9.49. The van der Waals surface area contributed by atoms with Gasteiger partial charge in [0, 0.05) is 17.1 Å². The molecule has 1 aromatic rings. The van der Waals surface area contributed by atoms with E-state index in [2.05, 4.69) is 29.8 Å². The maximum Gasteiger partial charge on any atom is 0.260 e. The highest BCUT2D eigenvalue weighted by molar-refractivity contribution is 9.10. The Morgan fingerprint density at radius 1 is 1.40 bits per heavy atom. The second-order valence-electron chi connectivity index (χ2n) is 5.29. The summed E-state index contributed by atoms with van der Waals surface area (Å²) in [5, 5.41) is 0.633. The number of carbonyl (C=O) groups is 1. The summed E-state index contributed by atoms with van der Waals surface area (Å²) in [5.41, 5.74) is 0. The summed E-state index contributed by atoms with van der Waals surface area (Å²) in [7, 11) is 0. The number of hydrogen-bond donors (Lipinski definition) is 0. The van der Waals surface area contributed by atoms with Gasteiger partial charge in [-0.1, -0.05) is 11.6 Å². The molecule has 0 aromatic heterocycles. The number of halogens is 2. The molecule has 20 heavy (non-hydrogen) atoms. The summed E-state index contributed by atoms with van der Waals surface area (Å²) >= 11 is 9.26. The molecule has 1 saturated heterocycles. The molecule has 1 fully saturated rings. The van der Waals surface area contributed by atoms with Crippen LogP contribution in [0.25, 0.3) is 0 Å².